The second-order valence-corrected chi connectivity index (χ2v) is 4.94. The number of aryl methyl sites for hydroxylation is 1. The summed E-state index contributed by atoms with van der Waals surface area (Å²) in [6.45, 7) is 3.07. The zero-order chi connectivity index (χ0) is 12.5. The van der Waals surface area contributed by atoms with Crippen LogP contribution in [0.25, 0.3) is 0 Å². The van der Waals surface area contributed by atoms with Gasteiger partial charge in [-0.25, -0.2) is 4.98 Å². The molecule has 18 heavy (non-hydrogen) atoms. The predicted molar refractivity (Wildman–Crippen MR) is 71.9 cm³/mol. The maximum Gasteiger partial charge on any atom is 0.109 e. The van der Waals surface area contributed by atoms with Crippen molar-refractivity contribution >= 4 is 5.69 Å². The van der Waals surface area contributed by atoms with E-state index in [1.54, 1.807) is 0 Å². The minimum absolute atomic E-state index is 0.861. The van der Waals surface area contributed by atoms with E-state index in [2.05, 4.69) is 26.6 Å². The molecule has 0 atom stereocenters. The van der Waals surface area contributed by atoms with Crippen LogP contribution in [0.15, 0.2) is 30.6 Å². The normalized spacial score (nSPS) is 14.9. The number of fused-ring (bicyclic) bond motifs is 1. The number of hydrogen-bond donors (Lipinski definition) is 1. The molecule has 1 aliphatic rings. The number of nitrogens with two attached hydrogens (primary N) is 1. The zero-order valence-corrected chi connectivity index (χ0v) is 10.6. The fraction of sp³-hybridized carbons (Fsp3) is 0.357. The molecule has 2 heterocycles. The van der Waals surface area contributed by atoms with Gasteiger partial charge in [0, 0.05) is 51.2 Å². The van der Waals surface area contributed by atoms with Crippen molar-refractivity contribution in [3.8, 4) is 0 Å². The molecule has 2 aromatic rings. The Morgan fingerprint density at radius 1 is 1.28 bits per heavy atom. The molecule has 0 fully saturated rings. The topological polar surface area (TPSA) is 47.1 Å². The van der Waals surface area contributed by atoms with E-state index in [1.807, 2.05) is 25.5 Å². The molecule has 2 N–H and O–H groups in total. The second kappa shape index (κ2) is 4.46. The van der Waals surface area contributed by atoms with E-state index < -0.39 is 0 Å². The average Bonchev–Trinajstić information content (AvgIpc) is 2.92. The van der Waals surface area contributed by atoms with E-state index in [1.165, 1.54) is 11.1 Å². The van der Waals surface area contributed by atoms with Crippen LogP contribution >= 0.6 is 0 Å². The minimum atomic E-state index is 0.861. The molecule has 0 bridgehead atoms. The van der Waals surface area contributed by atoms with Crippen LogP contribution in [0.4, 0.5) is 5.69 Å². The summed E-state index contributed by atoms with van der Waals surface area (Å²) in [5.74, 6) is 1.14. The van der Waals surface area contributed by atoms with Gasteiger partial charge in [-0.1, -0.05) is 6.07 Å². The van der Waals surface area contributed by atoms with E-state index in [0.717, 1.165) is 37.6 Å². The predicted octanol–water partition coefficient (Wildman–Crippen LogP) is 1.56. The van der Waals surface area contributed by atoms with Gasteiger partial charge in [-0.3, -0.25) is 4.90 Å². The van der Waals surface area contributed by atoms with Crippen LogP contribution in [0.3, 0.4) is 0 Å². The summed E-state index contributed by atoms with van der Waals surface area (Å²) in [5.41, 5.74) is 9.45. The van der Waals surface area contributed by atoms with Gasteiger partial charge >= 0.3 is 0 Å². The lowest BCUT2D eigenvalue weighted by atomic mass is 10.1. The molecule has 94 valence electrons. The largest absolute Gasteiger partial charge is 0.399 e. The first-order valence-electron chi connectivity index (χ1n) is 6.28. The fourth-order valence-electron chi connectivity index (χ4n) is 2.54. The molecule has 1 aliphatic heterocycles. The minimum Gasteiger partial charge on any atom is -0.399 e. The molecule has 3 rings (SSSR count). The summed E-state index contributed by atoms with van der Waals surface area (Å²) >= 11 is 0. The Bertz CT molecular complexity index is 559. The summed E-state index contributed by atoms with van der Waals surface area (Å²) in [4.78, 5) is 6.80. The highest BCUT2D eigenvalue weighted by Gasteiger charge is 2.18. The number of imidazole rings is 1. The number of hydrogen-bond acceptors (Lipinski definition) is 3. The molecule has 0 saturated heterocycles. The number of nitrogens with zero attached hydrogens (tertiary/aromatic N) is 3. The van der Waals surface area contributed by atoms with Crippen molar-refractivity contribution in [2.24, 2.45) is 7.05 Å². The zero-order valence-electron chi connectivity index (χ0n) is 10.6. The van der Waals surface area contributed by atoms with Gasteiger partial charge in [0.2, 0.25) is 0 Å². The Hall–Kier alpha value is -1.81. The first kappa shape index (κ1) is 11.3. The highest BCUT2D eigenvalue weighted by molar-refractivity contribution is 5.46. The maximum absolute atomic E-state index is 5.82. The molecule has 4 heteroatoms. The molecule has 1 aromatic carbocycles. The number of anilines is 1. The van der Waals surface area contributed by atoms with Crippen molar-refractivity contribution in [1.29, 1.82) is 0 Å². The van der Waals surface area contributed by atoms with Crippen LogP contribution in [-0.4, -0.2) is 21.0 Å². The maximum atomic E-state index is 5.82. The summed E-state index contributed by atoms with van der Waals surface area (Å²) in [6.07, 6.45) is 4.84. The van der Waals surface area contributed by atoms with Crippen LogP contribution in [0, 0.1) is 0 Å². The summed E-state index contributed by atoms with van der Waals surface area (Å²) in [6, 6.07) is 6.22. The Kier molecular flexibility index (Phi) is 2.80. The summed E-state index contributed by atoms with van der Waals surface area (Å²) < 4.78 is 2.08. The first-order valence-corrected chi connectivity index (χ1v) is 6.28. The van der Waals surface area contributed by atoms with Gasteiger partial charge in [0.1, 0.15) is 5.82 Å². The molecule has 1 aromatic heterocycles. The number of nitrogen functional groups attached to an aromatic ring is 1. The smallest absolute Gasteiger partial charge is 0.109 e. The second-order valence-electron chi connectivity index (χ2n) is 4.94. The van der Waals surface area contributed by atoms with Gasteiger partial charge in [-0.05, 0) is 23.3 Å². The van der Waals surface area contributed by atoms with Crippen molar-refractivity contribution in [3.63, 3.8) is 0 Å². The standard InChI is InChI=1S/C14H18N4/c1-17-7-5-16-14(17)4-6-18-9-11-2-3-13(15)8-12(11)10-18/h2-3,5,7-8H,4,6,9-10,15H2,1H3. The lowest BCUT2D eigenvalue weighted by molar-refractivity contribution is 0.285. The van der Waals surface area contributed by atoms with Gasteiger partial charge < -0.3 is 10.3 Å². The molecular formula is C14H18N4. The van der Waals surface area contributed by atoms with E-state index in [0.29, 0.717) is 0 Å². The van der Waals surface area contributed by atoms with Gasteiger partial charge in [-0.2, -0.15) is 0 Å². The third-order valence-electron chi connectivity index (χ3n) is 3.59. The SMILES string of the molecule is Cn1ccnc1CCN1Cc2ccc(N)cc2C1. The molecule has 0 spiro atoms. The fourth-order valence-corrected chi connectivity index (χ4v) is 2.54. The average molecular weight is 242 g/mol. The summed E-state index contributed by atoms with van der Waals surface area (Å²) in [5, 5.41) is 0. The number of aromatic nitrogens is 2. The highest BCUT2D eigenvalue weighted by Crippen LogP contribution is 2.24. The highest BCUT2D eigenvalue weighted by atomic mass is 15.1. The van der Waals surface area contributed by atoms with E-state index >= 15 is 0 Å². The molecule has 0 aliphatic carbocycles. The molecule has 0 radical (unpaired) electrons. The lowest BCUT2D eigenvalue weighted by Gasteiger charge is -2.14. The van der Waals surface area contributed by atoms with Crippen LogP contribution in [0.1, 0.15) is 17.0 Å². The van der Waals surface area contributed by atoms with Gasteiger partial charge in [0.15, 0.2) is 0 Å². The third-order valence-corrected chi connectivity index (χ3v) is 3.59. The van der Waals surface area contributed by atoms with Gasteiger partial charge in [0.05, 0.1) is 0 Å². The van der Waals surface area contributed by atoms with Crippen LogP contribution in [-0.2, 0) is 26.6 Å². The number of benzene rings is 1. The number of rotatable bonds is 3. The van der Waals surface area contributed by atoms with E-state index in [4.69, 9.17) is 5.73 Å². The monoisotopic (exact) mass is 242 g/mol. The Morgan fingerprint density at radius 3 is 2.89 bits per heavy atom. The van der Waals surface area contributed by atoms with Gasteiger partial charge in [-0.15, -0.1) is 0 Å². The van der Waals surface area contributed by atoms with E-state index in [9.17, 15) is 0 Å². The molecule has 0 saturated carbocycles. The first-order chi connectivity index (χ1) is 8.72. The van der Waals surface area contributed by atoms with Crippen LogP contribution in [0.2, 0.25) is 0 Å². The third kappa shape index (κ3) is 2.11. The van der Waals surface area contributed by atoms with Crippen LogP contribution < -0.4 is 5.73 Å². The van der Waals surface area contributed by atoms with Crippen molar-refractivity contribution in [1.82, 2.24) is 14.5 Å². The molecule has 0 amide bonds. The van der Waals surface area contributed by atoms with Crippen molar-refractivity contribution in [2.45, 2.75) is 19.5 Å². The Morgan fingerprint density at radius 2 is 2.11 bits per heavy atom. The molecular weight excluding hydrogens is 224 g/mol. The van der Waals surface area contributed by atoms with Crippen molar-refractivity contribution in [2.75, 3.05) is 12.3 Å². The van der Waals surface area contributed by atoms with Gasteiger partial charge in [0.25, 0.3) is 0 Å². The van der Waals surface area contributed by atoms with Crippen molar-refractivity contribution in [3.05, 3.63) is 47.5 Å². The van der Waals surface area contributed by atoms with E-state index in [-0.39, 0.29) is 0 Å². The lowest BCUT2D eigenvalue weighted by Crippen LogP contribution is -2.20. The summed E-state index contributed by atoms with van der Waals surface area (Å²) in [7, 11) is 2.04. The van der Waals surface area contributed by atoms with Crippen LogP contribution in [0.5, 0.6) is 0 Å². The molecule has 4 nitrogen and oxygen atoms in total. The quantitative estimate of drug-likeness (QED) is 0.831. The Labute approximate surface area is 107 Å². The molecule has 0 unspecified atom stereocenters. The Balaban J connectivity index is 1.63. The van der Waals surface area contributed by atoms with Crippen molar-refractivity contribution < 1.29 is 0 Å².